The highest BCUT2D eigenvalue weighted by Crippen LogP contribution is 2.37. The van der Waals surface area contributed by atoms with Crippen molar-refractivity contribution in [3.8, 4) is 5.75 Å². The van der Waals surface area contributed by atoms with E-state index in [0.29, 0.717) is 11.8 Å². The van der Waals surface area contributed by atoms with Crippen LogP contribution in [-0.4, -0.2) is 17.0 Å². The molecule has 1 unspecified atom stereocenters. The van der Waals surface area contributed by atoms with Gasteiger partial charge in [0.15, 0.2) is 6.21 Å². The molecule has 2 nitrogen and oxygen atoms in total. The van der Waals surface area contributed by atoms with Crippen LogP contribution in [0.5, 0.6) is 5.75 Å². The zero-order chi connectivity index (χ0) is 17.4. The molecule has 0 bridgehead atoms. The zero-order valence-corrected chi connectivity index (χ0v) is 15.6. The fourth-order valence-electron chi connectivity index (χ4n) is 3.48. The molecule has 1 aliphatic heterocycles. The highest BCUT2D eigenvalue weighted by Gasteiger charge is 2.32. The fourth-order valence-corrected chi connectivity index (χ4v) is 3.48. The Bertz CT molecular complexity index is 760. The molecule has 0 saturated heterocycles. The van der Waals surface area contributed by atoms with E-state index < -0.39 is 0 Å². The van der Waals surface area contributed by atoms with Crippen LogP contribution in [0.4, 0.5) is 5.69 Å². The summed E-state index contributed by atoms with van der Waals surface area (Å²) in [6.07, 6.45) is 2.24. The normalized spacial score (nSPS) is 16.8. The van der Waals surface area contributed by atoms with Crippen molar-refractivity contribution in [2.75, 3.05) is 0 Å². The summed E-state index contributed by atoms with van der Waals surface area (Å²) in [6.45, 7) is 13.3. The van der Waals surface area contributed by atoms with Gasteiger partial charge < -0.3 is 4.74 Å². The lowest BCUT2D eigenvalue weighted by Gasteiger charge is -2.24. The second kappa shape index (κ2) is 6.43. The molecule has 3 rings (SSSR count). The Kier molecular flexibility index (Phi) is 4.49. The van der Waals surface area contributed by atoms with E-state index in [1.807, 2.05) is 0 Å². The average Bonchev–Trinajstić information content (AvgIpc) is 2.54. The number of benzene rings is 2. The van der Waals surface area contributed by atoms with Crippen molar-refractivity contribution in [1.29, 1.82) is 0 Å². The Morgan fingerprint density at radius 3 is 2.08 bits per heavy atom. The molecule has 2 aromatic carbocycles. The van der Waals surface area contributed by atoms with Gasteiger partial charge in [-0.3, -0.25) is 0 Å². The molecular formula is C22H28NO+. The van der Waals surface area contributed by atoms with Crippen LogP contribution in [-0.2, 0) is 0 Å². The number of para-hydroxylation sites is 2. The summed E-state index contributed by atoms with van der Waals surface area (Å²) < 4.78 is 8.61. The molecule has 1 atom stereocenters. The number of aryl methyl sites for hydroxylation is 1. The average molecular weight is 322 g/mol. The minimum absolute atomic E-state index is 0.0176. The zero-order valence-electron chi connectivity index (χ0n) is 15.6. The molecule has 0 aromatic heterocycles. The highest BCUT2D eigenvalue weighted by atomic mass is 16.5. The molecule has 24 heavy (non-hydrogen) atoms. The van der Waals surface area contributed by atoms with E-state index in [-0.39, 0.29) is 6.23 Å². The maximum atomic E-state index is 6.29. The van der Waals surface area contributed by atoms with Crippen LogP contribution in [0.3, 0.4) is 0 Å². The van der Waals surface area contributed by atoms with E-state index in [1.165, 1.54) is 22.4 Å². The monoisotopic (exact) mass is 322 g/mol. The molecule has 126 valence electrons. The van der Waals surface area contributed by atoms with Crippen molar-refractivity contribution in [2.24, 2.45) is 0 Å². The number of nitrogens with zero attached hydrogens (tertiary/aromatic N) is 1. The van der Waals surface area contributed by atoms with Crippen LogP contribution in [0.25, 0.3) is 0 Å². The van der Waals surface area contributed by atoms with Crippen molar-refractivity contribution < 1.29 is 9.31 Å². The lowest BCUT2D eigenvalue weighted by Crippen LogP contribution is -2.32. The number of hydrogen-bond acceptors (Lipinski definition) is 1. The van der Waals surface area contributed by atoms with Gasteiger partial charge in [0, 0.05) is 18.1 Å². The Morgan fingerprint density at radius 2 is 1.50 bits per heavy atom. The van der Waals surface area contributed by atoms with Gasteiger partial charge in [0.25, 0.3) is 6.23 Å². The molecule has 0 aliphatic carbocycles. The summed E-state index contributed by atoms with van der Waals surface area (Å²) in [6, 6.07) is 13.0. The number of hydrogen-bond donors (Lipinski definition) is 0. The summed E-state index contributed by atoms with van der Waals surface area (Å²) in [5.74, 6) is 1.95. The Hall–Kier alpha value is -2.09. The Labute approximate surface area is 145 Å². The van der Waals surface area contributed by atoms with E-state index in [9.17, 15) is 0 Å². The standard InChI is InChI=1S/C22H28NO/c1-14(2)19-11-8-12-20(15(3)4)21(19)23-13-18-10-7-9-16(5)22(18)24-17(23)6/h7-15,17H,1-6H3/q+1. The third kappa shape index (κ3) is 2.86. The lowest BCUT2D eigenvalue weighted by atomic mass is 9.92. The summed E-state index contributed by atoms with van der Waals surface area (Å²) in [7, 11) is 0. The molecular weight excluding hydrogens is 294 g/mol. The van der Waals surface area contributed by atoms with Crippen molar-refractivity contribution in [3.63, 3.8) is 0 Å². The quantitative estimate of drug-likeness (QED) is 0.656. The van der Waals surface area contributed by atoms with Gasteiger partial charge in [0.05, 0.1) is 5.56 Å². The third-order valence-corrected chi connectivity index (χ3v) is 4.80. The molecule has 1 aliphatic rings. The first-order chi connectivity index (χ1) is 11.4. The van der Waals surface area contributed by atoms with Crippen molar-refractivity contribution in [2.45, 2.75) is 59.6 Å². The molecule has 0 radical (unpaired) electrons. The highest BCUT2D eigenvalue weighted by molar-refractivity contribution is 5.82. The topological polar surface area (TPSA) is 12.2 Å². The molecule has 0 saturated carbocycles. The number of ether oxygens (including phenoxy) is 1. The minimum Gasteiger partial charge on any atom is -0.433 e. The van der Waals surface area contributed by atoms with Crippen LogP contribution >= 0.6 is 0 Å². The van der Waals surface area contributed by atoms with Crippen molar-refractivity contribution in [1.82, 2.24) is 0 Å². The molecule has 2 aromatic rings. The Balaban J connectivity index is 2.25. The number of rotatable bonds is 3. The fraction of sp³-hybridized carbons (Fsp3) is 0.409. The van der Waals surface area contributed by atoms with Gasteiger partial charge in [-0.2, -0.15) is 4.58 Å². The van der Waals surface area contributed by atoms with Gasteiger partial charge in [-0.15, -0.1) is 0 Å². The Morgan fingerprint density at radius 1 is 0.917 bits per heavy atom. The van der Waals surface area contributed by atoms with E-state index in [4.69, 9.17) is 4.74 Å². The second-order valence-corrected chi connectivity index (χ2v) is 7.34. The maximum Gasteiger partial charge on any atom is 0.299 e. The summed E-state index contributed by atoms with van der Waals surface area (Å²) in [5.41, 5.74) is 6.41. The first kappa shape index (κ1) is 16.8. The van der Waals surface area contributed by atoms with Gasteiger partial charge in [-0.25, -0.2) is 0 Å². The predicted octanol–water partition coefficient (Wildman–Crippen LogP) is 5.74. The minimum atomic E-state index is -0.0176. The van der Waals surface area contributed by atoms with Crippen LogP contribution < -0.4 is 4.74 Å². The van der Waals surface area contributed by atoms with Gasteiger partial charge in [0.1, 0.15) is 5.75 Å². The second-order valence-electron chi connectivity index (χ2n) is 7.34. The van der Waals surface area contributed by atoms with Crippen molar-refractivity contribution >= 4 is 11.9 Å². The molecule has 0 spiro atoms. The van der Waals surface area contributed by atoms with Crippen molar-refractivity contribution in [3.05, 3.63) is 58.7 Å². The van der Waals surface area contributed by atoms with Gasteiger partial charge in [-0.05, 0) is 30.4 Å². The van der Waals surface area contributed by atoms with Gasteiger partial charge in [0.2, 0.25) is 5.69 Å². The summed E-state index contributed by atoms with van der Waals surface area (Å²) >= 11 is 0. The van der Waals surface area contributed by atoms with Crippen LogP contribution in [0, 0.1) is 6.92 Å². The van der Waals surface area contributed by atoms with Crippen LogP contribution in [0.1, 0.15) is 68.7 Å². The van der Waals surface area contributed by atoms with E-state index in [1.54, 1.807) is 0 Å². The maximum absolute atomic E-state index is 6.29. The third-order valence-electron chi connectivity index (χ3n) is 4.80. The van der Waals surface area contributed by atoms with E-state index in [0.717, 1.165) is 11.3 Å². The molecule has 1 heterocycles. The first-order valence-corrected chi connectivity index (χ1v) is 8.92. The van der Waals surface area contributed by atoms with Crippen LogP contribution in [0.15, 0.2) is 36.4 Å². The molecule has 0 N–H and O–H groups in total. The summed E-state index contributed by atoms with van der Waals surface area (Å²) in [4.78, 5) is 0. The van der Waals surface area contributed by atoms with Crippen LogP contribution in [0.2, 0.25) is 0 Å². The lowest BCUT2D eigenvalue weighted by molar-refractivity contribution is -0.523. The number of fused-ring (bicyclic) bond motifs is 1. The predicted molar refractivity (Wildman–Crippen MR) is 101 cm³/mol. The molecule has 0 fully saturated rings. The smallest absolute Gasteiger partial charge is 0.299 e. The molecule has 2 heteroatoms. The van der Waals surface area contributed by atoms with Gasteiger partial charge >= 0.3 is 0 Å². The first-order valence-electron chi connectivity index (χ1n) is 8.92. The van der Waals surface area contributed by atoms with Gasteiger partial charge in [-0.1, -0.05) is 58.0 Å². The van der Waals surface area contributed by atoms with E-state index >= 15 is 0 Å². The molecule has 0 amide bonds. The SMILES string of the molecule is Cc1cccc2c1OC(C)[N+](c1c(C(C)C)cccc1C(C)C)=C2. The van der Waals surface area contributed by atoms with E-state index in [2.05, 4.69) is 88.7 Å². The summed E-state index contributed by atoms with van der Waals surface area (Å²) in [5, 5.41) is 0. The largest absolute Gasteiger partial charge is 0.433 e.